The van der Waals surface area contributed by atoms with Gasteiger partial charge in [-0.1, -0.05) is 20.3 Å². The lowest BCUT2D eigenvalue weighted by Gasteiger charge is -2.30. The number of unbranched alkanes of at least 4 members (excludes halogenated alkanes) is 1. The SMILES string of the molecule is CC(C)CC(NC(=O)C(N)CCCCN)C(=O)N1CCCC1C(=O)NC(CS)C(=O)O. The first kappa shape index (κ1) is 27.2. The van der Waals surface area contributed by atoms with E-state index in [2.05, 4.69) is 23.3 Å². The third kappa shape index (κ3) is 8.66. The number of nitrogens with zero attached hydrogens (tertiary/aromatic N) is 1. The summed E-state index contributed by atoms with van der Waals surface area (Å²) in [4.78, 5) is 51.0. The number of carbonyl (C=O) groups excluding carboxylic acids is 3. The van der Waals surface area contributed by atoms with Crippen LogP contribution in [0.5, 0.6) is 0 Å². The number of aliphatic carboxylic acids is 1. The molecule has 1 aliphatic heterocycles. The van der Waals surface area contributed by atoms with Crippen molar-refractivity contribution < 1.29 is 24.3 Å². The van der Waals surface area contributed by atoms with E-state index >= 15 is 0 Å². The largest absolute Gasteiger partial charge is 0.480 e. The molecular formula is C20H37N5O5S. The van der Waals surface area contributed by atoms with Gasteiger partial charge in [0, 0.05) is 12.3 Å². The number of nitrogens with one attached hydrogen (secondary N) is 2. The number of hydrogen-bond donors (Lipinski definition) is 6. The van der Waals surface area contributed by atoms with E-state index in [-0.39, 0.29) is 17.6 Å². The van der Waals surface area contributed by atoms with Crippen LogP contribution in [0.2, 0.25) is 0 Å². The molecule has 1 saturated heterocycles. The highest BCUT2D eigenvalue weighted by Gasteiger charge is 2.39. The molecule has 0 aromatic heterocycles. The van der Waals surface area contributed by atoms with Crippen molar-refractivity contribution in [3.63, 3.8) is 0 Å². The first-order valence-electron chi connectivity index (χ1n) is 10.8. The van der Waals surface area contributed by atoms with Crippen molar-refractivity contribution in [1.29, 1.82) is 0 Å². The van der Waals surface area contributed by atoms with E-state index in [9.17, 15) is 19.2 Å². The van der Waals surface area contributed by atoms with Crippen molar-refractivity contribution in [1.82, 2.24) is 15.5 Å². The summed E-state index contributed by atoms with van der Waals surface area (Å²) in [5.41, 5.74) is 11.4. The molecular weight excluding hydrogens is 422 g/mol. The smallest absolute Gasteiger partial charge is 0.327 e. The number of carboxylic acids is 1. The molecule has 3 amide bonds. The molecule has 7 N–H and O–H groups in total. The van der Waals surface area contributed by atoms with E-state index in [1.54, 1.807) is 0 Å². The Hall–Kier alpha value is -1.85. The van der Waals surface area contributed by atoms with Gasteiger partial charge in [0.05, 0.1) is 6.04 Å². The van der Waals surface area contributed by atoms with E-state index < -0.39 is 42.0 Å². The van der Waals surface area contributed by atoms with Gasteiger partial charge < -0.3 is 32.1 Å². The molecule has 1 aliphatic rings. The molecule has 0 radical (unpaired) electrons. The maximum absolute atomic E-state index is 13.2. The van der Waals surface area contributed by atoms with Crippen LogP contribution in [0.15, 0.2) is 0 Å². The second-order valence-electron chi connectivity index (χ2n) is 8.35. The number of carboxylic acid groups (broad SMARTS) is 1. The molecule has 1 heterocycles. The zero-order chi connectivity index (χ0) is 23.6. The lowest BCUT2D eigenvalue weighted by molar-refractivity contribution is -0.144. The number of amides is 3. The fourth-order valence-corrected chi connectivity index (χ4v) is 3.82. The molecule has 178 valence electrons. The molecule has 11 heteroatoms. The van der Waals surface area contributed by atoms with E-state index in [4.69, 9.17) is 16.6 Å². The third-order valence-corrected chi connectivity index (χ3v) is 5.63. The van der Waals surface area contributed by atoms with Crippen LogP contribution in [0.3, 0.4) is 0 Å². The number of thiol groups is 1. The fraction of sp³-hybridized carbons (Fsp3) is 0.800. The molecule has 0 aliphatic carbocycles. The molecule has 0 aromatic carbocycles. The molecule has 0 bridgehead atoms. The summed E-state index contributed by atoms with van der Waals surface area (Å²) in [7, 11) is 0. The Morgan fingerprint density at radius 3 is 2.39 bits per heavy atom. The zero-order valence-electron chi connectivity index (χ0n) is 18.4. The maximum atomic E-state index is 13.2. The van der Waals surface area contributed by atoms with Crippen molar-refractivity contribution in [2.75, 3.05) is 18.8 Å². The number of nitrogens with two attached hydrogens (primary N) is 2. The van der Waals surface area contributed by atoms with Crippen LogP contribution in [-0.2, 0) is 19.2 Å². The predicted molar refractivity (Wildman–Crippen MR) is 120 cm³/mol. The highest BCUT2D eigenvalue weighted by Crippen LogP contribution is 2.21. The van der Waals surface area contributed by atoms with Crippen LogP contribution in [0.25, 0.3) is 0 Å². The Morgan fingerprint density at radius 2 is 1.84 bits per heavy atom. The average Bonchev–Trinajstić information content (AvgIpc) is 3.20. The lowest BCUT2D eigenvalue weighted by atomic mass is 10.0. The first-order chi connectivity index (χ1) is 14.6. The normalized spacial score (nSPS) is 19.0. The lowest BCUT2D eigenvalue weighted by Crippen LogP contribution is -2.57. The van der Waals surface area contributed by atoms with Crippen LogP contribution in [0.4, 0.5) is 0 Å². The van der Waals surface area contributed by atoms with E-state index in [1.807, 2.05) is 13.8 Å². The van der Waals surface area contributed by atoms with Crippen LogP contribution in [-0.4, -0.2) is 76.7 Å². The van der Waals surface area contributed by atoms with Crippen molar-refractivity contribution in [2.45, 2.75) is 76.5 Å². The van der Waals surface area contributed by atoms with Gasteiger partial charge in [0.1, 0.15) is 18.1 Å². The van der Waals surface area contributed by atoms with Gasteiger partial charge in [-0.3, -0.25) is 14.4 Å². The first-order valence-corrected chi connectivity index (χ1v) is 11.5. The van der Waals surface area contributed by atoms with Crippen molar-refractivity contribution >= 4 is 36.3 Å². The van der Waals surface area contributed by atoms with Crippen LogP contribution < -0.4 is 22.1 Å². The Kier molecular flexibility index (Phi) is 11.9. The minimum absolute atomic E-state index is 0.0597. The van der Waals surface area contributed by atoms with Crippen molar-refractivity contribution in [3.8, 4) is 0 Å². The summed E-state index contributed by atoms with van der Waals surface area (Å²) in [5, 5.41) is 14.3. The standard InChI is InChI=1S/C20H37N5O5S/c1-12(2)10-14(23-17(26)13(22)6-3-4-8-21)19(28)25-9-5-7-16(25)18(27)24-15(11-31)20(29)30/h12-16,31H,3-11,21-22H2,1-2H3,(H,23,26)(H,24,27)(H,29,30). The number of carbonyl (C=O) groups is 4. The molecule has 0 aromatic rings. The predicted octanol–water partition coefficient (Wildman–Crippen LogP) is -0.536. The Morgan fingerprint density at radius 1 is 1.16 bits per heavy atom. The summed E-state index contributed by atoms with van der Waals surface area (Å²) in [5.74, 6) is -2.41. The Labute approximate surface area is 189 Å². The monoisotopic (exact) mass is 459 g/mol. The maximum Gasteiger partial charge on any atom is 0.327 e. The molecule has 4 unspecified atom stereocenters. The molecule has 4 atom stereocenters. The Balaban J connectivity index is 2.86. The number of likely N-dealkylation sites (tertiary alicyclic amines) is 1. The molecule has 1 rings (SSSR count). The van der Waals surface area contributed by atoms with Crippen LogP contribution in [0, 0.1) is 5.92 Å². The summed E-state index contributed by atoms with van der Waals surface area (Å²) < 4.78 is 0. The third-order valence-electron chi connectivity index (χ3n) is 5.26. The van der Waals surface area contributed by atoms with Gasteiger partial charge in [-0.25, -0.2) is 4.79 Å². The van der Waals surface area contributed by atoms with Gasteiger partial charge in [0.25, 0.3) is 0 Å². The topological polar surface area (TPSA) is 168 Å². The van der Waals surface area contributed by atoms with Gasteiger partial charge in [0.15, 0.2) is 0 Å². The summed E-state index contributed by atoms with van der Waals surface area (Å²) in [6.07, 6.45) is 3.41. The zero-order valence-corrected chi connectivity index (χ0v) is 19.3. The second-order valence-corrected chi connectivity index (χ2v) is 8.72. The van der Waals surface area contributed by atoms with Gasteiger partial charge in [0.2, 0.25) is 17.7 Å². The summed E-state index contributed by atoms with van der Waals surface area (Å²) >= 11 is 3.95. The number of rotatable bonds is 13. The Bertz CT molecular complexity index is 633. The van der Waals surface area contributed by atoms with Gasteiger partial charge in [-0.15, -0.1) is 0 Å². The quantitative estimate of drug-likeness (QED) is 0.159. The number of hydrogen-bond acceptors (Lipinski definition) is 7. The molecule has 1 fully saturated rings. The highest BCUT2D eigenvalue weighted by molar-refractivity contribution is 7.80. The molecule has 0 spiro atoms. The van der Waals surface area contributed by atoms with Gasteiger partial charge in [-0.05, 0) is 44.6 Å². The molecule has 10 nitrogen and oxygen atoms in total. The van der Waals surface area contributed by atoms with Crippen molar-refractivity contribution in [2.24, 2.45) is 17.4 Å². The van der Waals surface area contributed by atoms with Gasteiger partial charge in [-0.2, -0.15) is 12.6 Å². The van der Waals surface area contributed by atoms with Gasteiger partial charge >= 0.3 is 5.97 Å². The molecule has 31 heavy (non-hydrogen) atoms. The van der Waals surface area contributed by atoms with E-state index in [1.165, 1.54) is 4.90 Å². The van der Waals surface area contributed by atoms with Crippen molar-refractivity contribution in [3.05, 3.63) is 0 Å². The molecule has 0 saturated carbocycles. The summed E-state index contributed by atoms with van der Waals surface area (Å²) in [6, 6.07) is -3.45. The van der Waals surface area contributed by atoms with Crippen LogP contribution >= 0.6 is 12.6 Å². The highest BCUT2D eigenvalue weighted by atomic mass is 32.1. The second kappa shape index (κ2) is 13.5. The summed E-state index contributed by atoms with van der Waals surface area (Å²) in [6.45, 7) is 4.76. The fourth-order valence-electron chi connectivity index (χ4n) is 3.57. The minimum atomic E-state index is -1.19. The van der Waals surface area contributed by atoms with E-state index in [0.29, 0.717) is 38.8 Å². The van der Waals surface area contributed by atoms with Crippen LogP contribution in [0.1, 0.15) is 52.4 Å². The average molecular weight is 460 g/mol. The minimum Gasteiger partial charge on any atom is -0.480 e. The van der Waals surface area contributed by atoms with E-state index in [0.717, 1.165) is 12.8 Å².